The second-order valence-electron chi connectivity index (χ2n) is 13.2. The molecule has 0 heteroatoms. The van der Waals surface area contributed by atoms with Crippen molar-refractivity contribution in [2.45, 2.75) is 0 Å². The summed E-state index contributed by atoms with van der Waals surface area (Å²) in [5.74, 6) is 0. The quantitative estimate of drug-likeness (QED) is 0.134. The summed E-state index contributed by atoms with van der Waals surface area (Å²) < 4.78 is 0. The molecule has 0 radical (unpaired) electrons. The number of benzene rings is 10. The Labute approximate surface area is 291 Å². The highest BCUT2D eigenvalue weighted by Gasteiger charge is 2.17. The molecule has 50 heavy (non-hydrogen) atoms. The molecule has 0 aromatic heterocycles. The molecule has 10 aromatic rings. The molecule has 10 aromatic carbocycles. The third-order valence-corrected chi connectivity index (χ3v) is 10.4. The van der Waals surface area contributed by atoms with Crippen molar-refractivity contribution < 1.29 is 0 Å². The summed E-state index contributed by atoms with van der Waals surface area (Å²) in [6.07, 6.45) is 0. The van der Waals surface area contributed by atoms with Gasteiger partial charge in [-0.1, -0.05) is 188 Å². The maximum Gasteiger partial charge on any atom is -0.00264 e. The summed E-state index contributed by atoms with van der Waals surface area (Å²) in [7, 11) is 0. The first-order valence-corrected chi connectivity index (χ1v) is 17.4. The van der Waals surface area contributed by atoms with Gasteiger partial charge in [-0.2, -0.15) is 0 Å². The molecule has 0 fully saturated rings. The molecule has 0 saturated heterocycles. The van der Waals surface area contributed by atoms with Crippen LogP contribution in [0.15, 0.2) is 194 Å². The van der Waals surface area contributed by atoms with Crippen LogP contribution in [0, 0.1) is 0 Å². The van der Waals surface area contributed by atoms with Gasteiger partial charge in [-0.05, 0) is 104 Å². The first-order valence-electron chi connectivity index (χ1n) is 17.4. The zero-order chi connectivity index (χ0) is 33.0. The minimum atomic E-state index is 1.21. The number of hydrogen-bond donors (Lipinski definition) is 0. The smallest absolute Gasteiger partial charge is 0.00264 e. The van der Waals surface area contributed by atoms with Crippen molar-refractivity contribution >= 4 is 53.9 Å². The van der Waals surface area contributed by atoms with Crippen LogP contribution in [0.5, 0.6) is 0 Å². The SMILES string of the molecule is c1ccc(-c2c3ccccc3c(-c3ccc(-c4ccc(-c5cc6ccc7ccccc7c6c6ccccc56)cc4)cc3)c3ccccc23)cc1. The second kappa shape index (κ2) is 11.6. The van der Waals surface area contributed by atoms with Crippen LogP contribution in [0.1, 0.15) is 0 Å². The maximum absolute atomic E-state index is 2.37. The molecule has 0 amide bonds. The normalized spacial score (nSPS) is 11.6. The number of fused-ring (bicyclic) bond motifs is 7. The average molecular weight is 633 g/mol. The zero-order valence-corrected chi connectivity index (χ0v) is 27.5. The summed E-state index contributed by atoms with van der Waals surface area (Å²) >= 11 is 0. The molecule has 0 aliphatic rings. The molecule has 0 N–H and O–H groups in total. The summed E-state index contributed by atoms with van der Waals surface area (Å²) in [5, 5.41) is 12.9. The van der Waals surface area contributed by atoms with Crippen molar-refractivity contribution in [1.29, 1.82) is 0 Å². The van der Waals surface area contributed by atoms with Gasteiger partial charge < -0.3 is 0 Å². The average Bonchev–Trinajstić information content (AvgIpc) is 3.20. The van der Waals surface area contributed by atoms with E-state index >= 15 is 0 Å². The lowest BCUT2D eigenvalue weighted by molar-refractivity contribution is 1.60. The van der Waals surface area contributed by atoms with Gasteiger partial charge in [0, 0.05) is 0 Å². The molecule has 0 spiro atoms. The van der Waals surface area contributed by atoms with Crippen LogP contribution in [0.4, 0.5) is 0 Å². The first-order chi connectivity index (χ1) is 24.8. The van der Waals surface area contributed by atoms with Gasteiger partial charge in [0.25, 0.3) is 0 Å². The van der Waals surface area contributed by atoms with Crippen LogP contribution in [-0.2, 0) is 0 Å². The van der Waals surface area contributed by atoms with E-state index in [2.05, 4.69) is 194 Å². The van der Waals surface area contributed by atoms with Crippen LogP contribution in [0.2, 0.25) is 0 Å². The lowest BCUT2D eigenvalue weighted by atomic mass is 9.85. The number of hydrogen-bond acceptors (Lipinski definition) is 0. The molecule has 0 bridgehead atoms. The third kappa shape index (κ3) is 4.54. The largest absolute Gasteiger partial charge is 0.0622 e. The Bertz CT molecular complexity index is 2820. The lowest BCUT2D eigenvalue weighted by Crippen LogP contribution is -1.90. The Kier molecular flexibility index (Phi) is 6.60. The molecule has 0 nitrogen and oxygen atoms in total. The van der Waals surface area contributed by atoms with E-state index in [0.29, 0.717) is 0 Å². The van der Waals surface area contributed by atoms with Gasteiger partial charge in [-0.3, -0.25) is 0 Å². The van der Waals surface area contributed by atoms with E-state index in [1.165, 1.54) is 98.4 Å². The van der Waals surface area contributed by atoms with Crippen LogP contribution in [0.25, 0.3) is 98.4 Å². The Morgan fingerprint density at radius 3 is 1.20 bits per heavy atom. The van der Waals surface area contributed by atoms with E-state index in [-0.39, 0.29) is 0 Å². The van der Waals surface area contributed by atoms with Gasteiger partial charge in [0.2, 0.25) is 0 Å². The summed E-state index contributed by atoms with van der Waals surface area (Å²) in [6.45, 7) is 0. The summed E-state index contributed by atoms with van der Waals surface area (Å²) in [5.41, 5.74) is 9.98. The molecule has 0 saturated carbocycles. The fourth-order valence-corrected chi connectivity index (χ4v) is 8.14. The predicted octanol–water partition coefficient (Wildman–Crippen LogP) is 14.1. The topological polar surface area (TPSA) is 0 Å². The van der Waals surface area contributed by atoms with E-state index in [4.69, 9.17) is 0 Å². The van der Waals surface area contributed by atoms with E-state index in [1.54, 1.807) is 0 Å². The molecular formula is C50H32. The zero-order valence-electron chi connectivity index (χ0n) is 27.5. The molecule has 0 unspecified atom stereocenters. The Balaban J connectivity index is 1.06. The standard InChI is InChI=1S/C50H32/c1-2-13-37(14-3-1)48-43-18-8-10-20-45(43)49(46-21-11-9-19-44(46)48)38-29-24-34(25-30-38)33-22-26-36(27-23-33)47-32-39-31-28-35-12-4-5-15-40(35)50(39)42-17-7-6-16-41(42)47/h1-32H. The number of rotatable bonds is 4. The monoisotopic (exact) mass is 632 g/mol. The minimum Gasteiger partial charge on any atom is -0.0622 e. The van der Waals surface area contributed by atoms with Crippen LogP contribution in [0.3, 0.4) is 0 Å². The second-order valence-corrected chi connectivity index (χ2v) is 13.2. The van der Waals surface area contributed by atoms with E-state index in [0.717, 1.165) is 0 Å². The fourth-order valence-electron chi connectivity index (χ4n) is 8.14. The van der Waals surface area contributed by atoms with Gasteiger partial charge in [-0.15, -0.1) is 0 Å². The Morgan fingerprint density at radius 2 is 0.620 bits per heavy atom. The molecule has 10 rings (SSSR count). The summed E-state index contributed by atoms with van der Waals surface area (Å²) in [4.78, 5) is 0. The van der Waals surface area contributed by atoms with Crippen LogP contribution in [-0.4, -0.2) is 0 Å². The van der Waals surface area contributed by atoms with Crippen molar-refractivity contribution in [3.05, 3.63) is 194 Å². The maximum atomic E-state index is 2.37. The first kappa shape index (κ1) is 28.5. The summed E-state index contributed by atoms with van der Waals surface area (Å²) in [6, 6.07) is 71.1. The van der Waals surface area contributed by atoms with Gasteiger partial charge >= 0.3 is 0 Å². The highest BCUT2D eigenvalue weighted by atomic mass is 14.2. The van der Waals surface area contributed by atoms with Crippen molar-refractivity contribution in [3.63, 3.8) is 0 Å². The molecule has 0 heterocycles. The van der Waals surface area contributed by atoms with Gasteiger partial charge in [-0.25, -0.2) is 0 Å². The third-order valence-electron chi connectivity index (χ3n) is 10.4. The lowest BCUT2D eigenvalue weighted by Gasteiger charge is -2.18. The van der Waals surface area contributed by atoms with Crippen molar-refractivity contribution in [2.24, 2.45) is 0 Å². The van der Waals surface area contributed by atoms with Crippen LogP contribution < -0.4 is 0 Å². The van der Waals surface area contributed by atoms with Crippen LogP contribution >= 0.6 is 0 Å². The van der Waals surface area contributed by atoms with E-state index in [1.807, 2.05) is 0 Å². The van der Waals surface area contributed by atoms with E-state index in [9.17, 15) is 0 Å². The molecule has 0 aliphatic carbocycles. The highest BCUT2D eigenvalue weighted by Crippen LogP contribution is 2.44. The predicted molar refractivity (Wildman–Crippen MR) is 216 cm³/mol. The Hall–Kier alpha value is -6.50. The minimum absolute atomic E-state index is 1.21. The van der Waals surface area contributed by atoms with Gasteiger partial charge in [0.05, 0.1) is 0 Å². The molecule has 232 valence electrons. The Morgan fingerprint density at radius 1 is 0.220 bits per heavy atom. The van der Waals surface area contributed by atoms with Crippen molar-refractivity contribution in [2.75, 3.05) is 0 Å². The highest BCUT2D eigenvalue weighted by molar-refractivity contribution is 6.24. The van der Waals surface area contributed by atoms with Crippen molar-refractivity contribution in [3.8, 4) is 44.5 Å². The molecule has 0 aliphatic heterocycles. The van der Waals surface area contributed by atoms with Gasteiger partial charge in [0.1, 0.15) is 0 Å². The molecular weight excluding hydrogens is 601 g/mol. The van der Waals surface area contributed by atoms with Crippen molar-refractivity contribution in [1.82, 2.24) is 0 Å². The molecule has 0 atom stereocenters. The fraction of sp³-hybridized carbons (Fsp3) is 0. The van der Waals surface area contributed by atoms with Gasteiger partial charge in [0.15, 0.2) is 0 Å². The van der Waals surface area contributed by atoms with E-state index < -0.39 is 0 Å².